The standard InChI is InChI=1S/C15H21N3O6S/c1-8-5-23-6-9-7-24-10-11(15(2,3)25(4,21)22)16-12(14(19)20)17-13(10)18(8)9/h8-9H,5-7H2,1-4H3,(H,19,20)/t8-,9+/m1/s1. The van der Waals surface area contributed by atoms with E-state index < -0.39 is 26.4 Å². The first-order valence-corrected chi connectivity index (χ1v) is 9.77. The molecule has 0 saturated carbocycles. The summed E-state index contributed by atoms with van der Waals surface area (Å²) in [6, 6.07) is -0.158. The molecule has 0 radical (unpaired) electrons. The van der Waals surface area contributed by atoms with E-state index in [0.717, 1.165) is 6.26 Å². The molecule has 10 heteroatoms. The molecule has 3 rings (SSSR count). The van der Waals surface area contributed by atoms with E-state index in [1.165, 1.54) is 13.8 Å². The molecule has 2 atom stereocenters. The molecular formula is C15H21N3O6S. The minimum atomic E-state index is -3.58. The average molecular weight is 371 g/mol. The van der Waals surface area contributed by atoms with Crippen LogP contribution in [-0.2, 0) is 19.3 Å². The fourth-order valence-electron chi connectivity index (χ4n) is 3.01. The SMILES string of the molecule is C[C@@H]1COC[C@H]2COc3c(nc(C(=O)O)nc3C(C)(C)S(C)(=O)=O)N21. The molecule has 1 fully saturated rings. The second-order valence-electron chi connectivity index (χ2n) is 6.89. The van der Waals surface area contributed by atoms with Crippen molar-refractivity contribution in [3.8, 4) is 5.75 Å². The number of carboxylic acids is 1. The van der Waals surface area contributed by atoms with Gasteiger partial charge in [-0.25, -0.2) is 23.2 Å². The maximum atomic E-state index is 12.3. The van der Waals surface area contributed by atoms with Crippen LogP contribution in [0.3, 0.4) is 0 Å². The number of carbonyl (C=O) groups is 1. The summed E-state index contributed by atoms with van der Waals surface area (Å²) in [7, 11) is -3.58. The highest BCUT2D eigenvalue weighted by molar-refractivity contribution is 7.91. The van der Waals surface area contributed by atoms with E-state index in [9.17, 15) is 18.3 Å². The molecule has 2 aliphatic rings. The van der Waals surface area contributed by atoms with Crippen LogP contribution in [0.1, 0.15) is 37.1 Å². The fourth-order valence-corrected chi connectivity index (χ4v) is 3.50. The largest absolute Gasteiger partial charge is 0.486 e. The molecule has 9 nitrogen and oxygen atoms in total. The normalized spacial score (nSPS) is 23.4. The quantitative estimate of drug-likeness (QED) is 0.807. The zero-order chi connectivity index (χ0) is 18.6. The zero-order valence-electron chi connectivity index (χ0n) is 14.5. The van der Waals surface area contributed by atoms with Gasteiger partial charge < -0.3 is 19.5 Å². The van der Waals surface area contributed by atoms with Gasteiger partial charge in [-0.3, -0.25) is 0 Å². The lowest BCUT2D eigenvalue weighted by Crippen LogP contribution is -2.56. The van der Waals surface area contributed by atoms with Crippen LogP contribution in [0.5, 0.6) is 5.75 Å². The summed E-state index contributed by atoms with van der Waals surface area (Å²) in [4.78, 5) is 21.6. The minimum absolute atomic E-state index is 0.0489. The van der Waals surface area contributed by atoms with Crippen molar-refractivity contribution in [2.75, 3.05) is 31.0 Å². The van der Waals surface area contributed by atoms with E-state index in [-0.39, 0.29) is 23.5 Å². The highest BCUT2D eigenvalue weighted by atomic mass is 32.2. The first kappa shape index (κ1) is 17.9. The Kier molecular flexibility index (Phi) is 4.15. The lowest BCUT2D eigenvalue weighted by Gasteiger charge is -2.45. The molecule has 0 aliphatic carbocycles. The van der Waals surface area contributed by atoms with Gasteiger partial charge in [0.25, 0.3) is 0 Å². The average Bonchev–Trinajstić information content (AvgIpc) is 2.52. The Morgan fingerprint density at radius 1 is 1.28 bits per heavy atom. The van der Waals surface area contributed by atoms with E-state index in [4.69, 9.17) is 9.47 Å². The number of hydrogen-bond acceptors (Lipinski definition) is 8. The van der Waals surface area contributed by atoms with Crippen LogP contribution in [0.4, 0.5) is 5.82 Å². The number of fused-ring (bicyclic) bond motifs is 3. The molecule has 1 N–H and O–H groups in total. The smallest absolute Gasteiger partial charge is 0.374 e. The number of hydrogen-bond donors (Lipinski definition) is 1. The minimum Gasteiger partial charge on any atom is -0.486 e. The van der Waals surface area contributed by atoms with Crippen LogP contribution >= 0.6 is 0 Å². The lowest BCUT2D eigenvalue weighted by molar-refractivity contribution is 0.0479. The lowest BCUT2D eigenvalue weighted by atomic mass is 10.0. The molecule has 1 saturated heterocycles. The van der Waals surface area contributed by atoms with Gasteiger partial charge in [0.05, 0.1) is 25.3 Å². The Morgan fingerprint density at radius 2 is 1.96 bits per heavy atom. The van der Waals surface area contributed by atoms with Crippen molar-refractivity contribution in [2.24, 2.45) is 0 Å². The van der Waals surface area contributed by atoms with Gasteiger partial charge in [0.15, 0.2) is 21.4 Å². The molecule has 138 valence electrons. The molecule has 2 aliphatic heterocycles. The number of anilines is 1. The van der Waals surface area contributed by atoms with Crippen LogP contribution < -0.4 is 9.64 Å². The van der Waals surface area contributed by atoms with Gasteiger partial charge in [-0.05, 0) is 20.8 Å². The van der Waals surface area contributed by atoms with E-state index in [2.05, 4.69) is 9.97 Å². The van der Waals surface area contributed by atoms with Gasteiger partial charge in [-0.1, -0.05) is 0 Å². The monoisotopic (exact) mass is 371 g/mol. The molecule has 1 aromatic heterocycles. The molecule has 0 unspecified atom stereocenters. The number of carboxylic acid groups (broad SMARTS) is 1. The van der Waals surface area contributed by atoms with Crippen LogP contribution in [-0.4, -0.2) is 67.6 Å². The summed E-state index contributed by atoms with van der Waals surface area (Å²) >= 11 is 0. The Bertz CT molecular complexity index is 823. The first-order chi connectivity index (χ1) is 11.5. The van der Waals surface area contributed by atoms with Crippen molar-refractivity contribution in [3.63, 3.8) is 0 Å². The van der Waals surface area contributed by atoms with Gasteiger partial charge in [0, 0.05) is 6.26 Å². The van der Waals surface area contributed by atoms with Crippen molar-refractivity contribution >= 4 is 21.6 Å². The molecule has 1 aromatic rings. The number of sulfone groups is 1. The fraction of sp³-hybridized carbons (Fsp3) is 0.667. The van der Waals surface area contributed by atoms with E-state index in [1.54, 1.807) is 0 Å². The Morgan fingerprint density at radius 3 is 2.56 bits per heavy atom. The van der Waals surface area contributed by atoms with Crippen molar-refractivity contribution in [3.05, 3.63) is 11.5 Å². The third-order valence-electron chi connectivity index (χ3n) is 4.74. The Hall–Kier alpha value is -1.94. The van der Waals surface area contributed by atoms with Gasteiger partial charge in [0.2, 0.25) is 5.82 Å². The van der Waals surface area contributed by atoms with E-state index in [0.29, 0.717) is 25.6 Å². The number of ether oxygens (including phenoxy) is 2. The van der Waals surface area contributed by atoms with Crippen molar-refractivity contribution < 1.29 is 27.8 Å². The predicted octanol–water partition coefficient (Wildman–Crippen LogP) is 0.441. The maximum Gasteiger partial charge on any atom is 0.374 e. The molecule has 3 heterocycles. The molecule has 25 heavy (non-hydrogen) atoms. The number of rotatable bonds is 3. The maximum absolute atomic E-state index is 12.3. The summed E-state index contributed by atoms with van der Waals surface area (Å²) in [6.45, 7) is 6.09. The van der Waals surface area contributed by atoms with E-state index >= 15 is 0 Å². The van der Waals surface area contributed by atoms with Crippen molar-refractivity contribution in [1.29, 1.82) is 0 Å². The van der Waals surface area contributed by atoms with Gasteiger partial charge >= 0.3 is 5.97 Å². The third-order valence-corrected chi connectivity index (χ3v) is 6.79. The highest BCUT2D eigenvalue weighted by Gasteiger charge is 2.44. The highest BCUT2D eigenvalue weighted by Crippen LogP contribution is 2.43. The number of morpholine rings is 1. The first-order valence-electron chi connectivity index (χ1n) is 7.88. The molecule has 0 amide bonds. The van der Waals surface area contributed by atoms with Crippen molar-refractivity contribution in [2.45, 2.75) is 37.6 Å². The molecule has 0 spiro atoms. The summed E-state index contributed by atoms with van der Waals surface area (Å²) in [6.07, 6.45) is 1.09. The van der Waals surface area contributed by atoms with Gasteiger partial charge in [-0.2, -0.15) is 0 Å². The summed E-state index contributed by atoms with van der Waals surface area (Å²) in [5, 5.41) is 9.38. The second kappa shape index (κ2) is 5.80. The second-order valence-corrected chi connectivity index (χ2v) is 9.46. The number of aromatic carboxylic acids is 1. The third kappa shape index (κ3) is 2.82. The number of aromatic nitrogens is 2. The molecule has 0 bridgehead atoms. The Balaban J connectivity index is 2.27. The van der Waals surface area contributed by atoms with Crippen LogP contribution in [0.25, 0.3) is 0 Å². The topological polar surface area (TPSA) is 119 Å². The zero-order valence-corrected chi connectivity index (χ0v) is 15.3. The van der Waals surface area contributed by atoms with Gasteiger partial charge in [0.1, 0.15) is 17.0 Å². The summed E-state index contributed by atoms with van der Waals surface area (Å²) < 4.78 is 34.4. The van der Waals surface area contributed by atoms with Crippen LogP contribution in [0.2, 0.25) is 0 Å². The van der Waals surface area contributed by atoms with Crippen LogP contribution in [0, 0.1) is 0 Å². The van der Waals surface area contributed by atoms with Gasteiger partial charge in [-0.15, -0.1) is 0 Å². The number of nitrogens with zero attached hydrogens (tertiary/aromatic N) is 3. The van der Waals surface area contributed by atoms with E-state index in [1.807, 2.05) is 11.8 Å². The molecule has 0 aromatic carbocycles. The summed E-state index contributed by atoms with van der Waals surface area (Å²) in [5.74, 6) is -1.23. The Labute approximate surface area is 145 Å². The molecular weight excluding hydrogens is 350 g/mol. The van der Waals surface area contributed by atoms with Crippen LogP contribution in [0.15, 0.2) is 0 Å². The summed E-state index contributed by atoms with van der Waals surface area (Å²) in [5.41, 5.74) is 0.0644. The van der Waals surface area contributed by atoms with Crippen molar-refractivity contribution in [1.82, 2.24) is 9.97 Å². The predicted molar refractivity (Wildman–Crippen MR) is 88.9 cm³/mol.